The normalized spacial score (nSPS) is 12.0. The van der Waals surface area contributed by atoms with Crippen LogP contribution in [0.25, 0.3) is 24.3 Å². The van der Waals surface area contributed by atoms with Gasteiger partial charge in [-0.15, -0.1) is 0 Å². The number of hydrogen-bond acceptors (Lipinski definition) is 32. The fourth-order valence-electron chi connectivity index (χ4n) is 11.9. The molecule has 0 aliphatic carbocycles. The van der Waals surface area contributed by atoms with Gasteiger partial charge in [-0.2, -0.15) is 29.9 Å². The second-order valence-electron chi connectivity index (χ2n) is 46.2. The molecular formula is C112H149N13O20. The highest BCUT2D eigenvalue weighted by molar-refractivity contribution is 6.20. The summed E-state index contributed by atoms with van der Waals surface area (Å²) in [6.45, 7) is 56.9. The van der Waals surface area contributed by atoms with E-state index in [4.69, 9.17) is 42.6 Å². The second kappa shape index (κ2) is 51.7. The van der Waals surface area contributed by atoms with Crippen molar-refractivity contribution in [3.05, 3.63) is 195 Å². The van der Waals surface area contributed by atoms with Crippen LogP contribution in [0.2, 0.25) is 0 Å². The number of hydrogen-bond donors (Lipinski definition) is 8. The third-order valence-corrected chi connectivity index (χ3v) is 19.4. The molecule has 0 aliphatic rings. The number of aromatic nitrogens is 6. The van der Waals surface area contributed by atoms with Gasteiger partial charge in [-0.1, -0.05) is 248 Å². The summed E-state index contributed by atoms with van der Waals surface area (Å²) in [6, 6.07) is 38.6. The van der Waals surface area contributed by atoms with E-state index < -0.39 is 59.3 Å². The predicted octanol–water partition coefficient (Wildman–Crippen LogP) is 23.1. The van der Waals surface area contributed by atoms with Crippen LogP contribution in [-0.4, -0.2) is 160 Å². The molecule has 0 saturated carbocycles. The minimum absolute atomic E-state index is 0.00859. The van der Waals surface area contributed by atoms with Gasteiger partial charge in [0.25, 0.3) is 5.91 Å². The third-order valence-electron chi connectivity index (χ3n) is 19.4. The Morgan fingerprint density at radius 3 is 0.710 bits per heavy atom. The van der Waals surface area contributed by atoms with Crippen molar-refractivity contribution in [3.8, 4) is 5.75 Å². The number of benzene rings is 6. The summed E-state index contributed by atoms with van der Waals surface area (Å²) in [5.74, 6) is -6.60. The van der Waals surface area contributed by atoms with E-state index in [9.17, 15) is 53.1 Å². The molecular weight excluding hydrogens is 1850 g/mol. The lowest BCUT2D eigenvalue weighted by atomic mass is 9.98. The van der Waals surface area contributed by atoms with Crippen LogP contribution in [0.3, 0.4) is 0 Å². The number of carbonyl (C=O) groups excluding carboxylic acids is 10. The van der Waals surface area contributed by atoms with Gasteiger partial charge in [-0.25, -0.2) is 43.2 Å². The van der Waals surface area contributed by atoms with E-state index in [0.29, 0.717) is 61.9 Å². The summed E-state index contributed by atoms with van der Waals surface area (Å²) in [4.78, 5) is 159. The molecule has 1 unspecified atom stereocenters. The molecule has 0 spiro atoms. The zero-order chi connectivity index (χ0) is 108. The molecule has 8 rings (SSSR count). The Bertz CT molecular complexity index is 5500. The Balaban J connectivity index is 0.000000394. The van der Waals surface area contributed by atoms with E-state index in [0.717, 1.165) is 25.7 Å². The van der Waals surface area contributed by atoms with Gasteiger partial charge in [-0.3, -0.25) is 4.79 Å². The van der Waals surface area contributed by atoms with Crippen molar-refractivity contribution in [2.75, 3.05) is 91.4 Å². The second-order valence-corrected chi connectivity index (χ2v) is 46.2. The highest BCUT2D eigenvalue weighted by atomic mass is 16.6. The first-order valence-electron chi connectivity index (χ1n) is 48.5. The largest absolute Gasteiger partial charge is 0.507 e. The van der Waals surface area contributed by atoms with Crippen molar-refractivity contribution < 1.29 is 95.7 Å². The molecule has 0 bridgehead atoms. The summed E-state index contributed by atoms with van der Waals surface area (Å²) in [5.41, 5.74) is 1.71. The molecule has 1 atom stereocenters. The SMILES string of the molecule is CC(C)(C)COC(=O)C(=Cc1ccc(Nc2nc(Nc3ccc(C=C(C(=O)OCC(C)(C)C)C(=O)OCC(C)(C)C)cc3)nc(Nc3ccc(C(=O)NC(C)(C)C)cc3)n2)cc1)C(=O)OCC(C)(C)C.CCCCC(CC)COC(=O)c1ccc(Nc2nc(Nc3ccc(C=C(C(=O)OCC(C)(C)C)C(=O)OCC(C)(C)C)cc3)nc(Nc3ccc(C=C(C(=O)OCC(C)(C)C)C(=O)OCC(C)(C)C)cc3)n2)cc1O. The van der Waals surface area contributed by atoms with Gasteiger partial charge in [0.2, 0.25) is 35.7 Å². The Morgan fingerprint density at radius 2 is 0.510 bits per heavy atom. The van der Waals surface area contributed by atoms with Crippen molar-refractivity contribution in [2.45, 2.75) is 232 Å². The maximum absolute atomic E-state index is 13.2. The molecule has 2 heterocycles. The first-order valence-corrected chi connectivity index (χ1v) is 48.5. The van der Waals surface area contributed by atoms with E-state index in [1.807, 2.05) is 187 Å². The molecule has 0 aliphatic heterocycles. The van der Waals surface area contributed by atoms with E-state index in [1.165, 1.54) is 36.4 Å². The van der Waals surface area contributed by atoms with Crippen LogP contribution in [0.1, 0.15) is 269 Å². The number of phenols is 1. The first-order chi connectivity index (χ1) is 67.3. The molecule has 6 aromatic carbocycles. The Labute approximate surface area is 853 Å². The van der Waals surface area contributed by atoms with Crippen molar-refractivity contribution in [3.63, 3.8) is 0 Å². The van der Waals surface area contributed by atoms with Crippen LogP contribution < -0.4 is 37.2 Å². The number of nitrogens with zero attached hydrogens (tertiary/aromatic N) is 6. The number of ether oxygens (including phenoxy) is 9. The number of anilines is 12. The van der Waals surface area contributed by atoms with Gasteiger partial charge in [-0.05, 0) is 208 Å². The molecule has 8 N–H and O–H groups in total. The average Bonchev–Trinajstić information content (AvgIpc) is 0.816. The van der Waals surface area contributed by atoms with E-state index >= 15 is 0 Å². The Morgan fingerprint density at radius 1 is 0.297 bits per heavy atom. The highest BCUT2D eigenvalue weighted by Crippen LogP contribution is 2.33. The Hall–Kier alpha value is -14.4. The number of carbonyl (C=O) groups is 10. The third kappa shape index (κ3) is 45.0. The van der Waals surface area contributed by atoms with Crippen molar-refractivity contribution in [1.82, 2.24) is 35.2 Å². The number of unbranched alkanes of at least 4 members (excludes halogenated alkanes) is 1. The average molecular weight is 2000 g/mol. The summed E-state index contributed by atoms with van der Waals surface area (Å²) in [5, 5.41) is 32.9. The van der Waals surface area contributed by atoms with E-state index in [-0.39, 0.29) is 184 Å². The lowest BCUT2D eigenvalue weighted by Crippen LogP contribution is -2.40. The molecule has 0 saturated heterocycles. The summed E-state index contributed by atoms with van der Waals surface area (Å²) >= 11 is 0. The lowest BCUT2D eigenvalue weighted by molar-refractivity contribution is -0.151. The molecule has 2 aromatic heterocycles. The lowest BCUT2D eigenvalue weighted by Gasteiger charge is -2.20. The molecule has 1 amide bonds. The minimum atomic E-state index is -0.800. The summed E-state index contributed by atoms with van der Waals surface area (Å²) < 4.78 is 49.6. The smallest absolute Gasteiger partial charge is 0.345 e. The molecule has 0 radical (unpaired) electrons. The molecule has 33 heteroatoms. The van der Waals surface area contributed by atoms with Crippen molar-refractivity contribution in [2.24, 2.45) is 49.2 Å². The molecule has 8 aromatic rings. The van der Waals surface area contributed by atoms with Crippen LogP contribution in [0.5, 0.6) is 5.75 Å². The van der Waals surface area contributed by atoms with Crippen LogP contribution in [0.15, 0.2) is 162 Å². The minimum Gasteiger partial charge on any atom is -0.507 e. The first kappa shape index (κ1) is 118. The van der Waals surface area contributed by atoms with Crippen LogP contribution in [0, 0.1) is 49.2 Å². The van der Waals surface area contributed by atoms with Gasteiger partial charge in [0, 0.05) is 51.3 Å². The molecule has 0 fully saturated rings. The number of amides is 1. The summed E-state index contributed by atoms with van der Waals surface area (Å²) in [7, 11) is 0. The zero-order valence-corrected chi connectivity index (χ0v) is 89.7. The fraction of sp³-hybridized carbons (Fsp3) is 0.464. The predicted molar refractivity (Wildman–Crippen MR) is 566 cm³/mol. The monoisotopic (exact) mass is 2000 g/mol. The van der Waals surface area contributed by atoms with Gasteiger partial charge < -0.3 is 85.0 Å². The standard InChI is InChI=1S/C58H78N6O11.C54H71N7O9/c1-15-17-18-37(16-2)32-71-47(66)43-28-27-42(31-46(43)65)61-54-63-52(59-40-23-19-38(20-24-40)29-44(48(67)72-33-55(3,4)5)49(68)73-34-56(6,7)8)62-53(64-54)60-41-25-21-39(22-26-41)30-45(50(69)74-35-57(9,10)11)51(70)75-36-58(12,13)14;1-50(2,3)30-67-43(63)40(44(64)68-31-51(4,5)6)28-34-16-22-37(23-17-34)55-47-58-48(60-49(59-47)57-39-26-20-36(21-27-39)42(62)61-54(13,14)15)56-38-24-18-35(19-25-38)29-41(45(65)69-32-52(7,8)9)46(66)70-33-53(10,11)12/h19-31,37,65H,15-18,32-36H2,1-14H3,(H3,59,60,61,62,63,64);16-29H,30-33H2,1-15H3,(H,61,62)(H3,55,56,57,58,59,60). The summed E-state index contributed by atoms with van der Waals surface area (Å²) in [6.07, 6.45) is 9.60. The zero-order valence-electron chi connectivity index (χ0n) is 89.7. The maximum atomic E-state index is 13.2. The molecule has 782 valence electrons. The fourth-order valence-corrected chi connectivity index (χ4v) is 11.9. The van der Waals surface area contributed by atoms with Gasteiger partial charge in [0.05, 0.1) is 59.5 Å². The number of nitrogens with one attached hydrogen (secondary N) is 7. The van der Waals surface area contributed by atoms with Gasteiger partial charge in [0.1, 0.15) is 33.6 Å². The number of phenolic OH excluding ortho intramolecular Hbond substituents is 1. The molecule has 145 heavy (non-hydrogen) atoms. The van der Waals surface area contributed by atoms with E-state index in [2.05, 4.69) is 81.0 Å². The highest BCUT2D eigenvalue weighted by Gasteiger charge is 2.33. The number of aromatic hydroxyl groups is 1. The quantitative estimate of drug-likeness (QED) is 0.00581. The van der Waals surface area contributed by atoms with Crippen LogP contribution >= 0.6 is 0 Å². The maximum Gasteiger partial charge on any atom is 0.345 e. The van der Waals surface area contributed by atoms with Crippen molar-refractivity contribution >= 4 is 154 Å². The molecule has 33 nitrogen and oxygen atoms in total. The van der Waals surface area contributed by atoms with Gasteiger partial charge >= 0.3 is 53.7 Å². The Kier molecular flexibility index (Phi) is 41.9. The number of rotatable bonds is 40. The van der Waals surface area contributed by atoms with Crippen LogP contribution in [-0.2, 0) is 81.0 Å². The number of esters is 9. The van der Waals surface area contributed by atoms with E-state index in [1.54, 1.807) is 127 Å². The van der Waals surface area contributed by atoms with Crippen LogP contribution in [0.4, 0.5) is 69.8 Å². The topological polar surface area (TPSA) is 436 Å². The van der Waals surface area contributed by atoms with Crippen molar-refractivity contribution in [1.29, 1.82) is 0 Å². The van der Waals surface area contributed by atoms with Gasteiger partial charge in [0.15, 0.2) is 0 Å².